The average molecular weight is 274 g/mol. The van der Waals surface area contributed by atoms with Crippen LogP contribution < -0.4 is 5.32 Å². The standard InChI is InChI=1S/C14H18N4O2/c1-14(5-3-2-4-6-14)10-17-13-12(18(19)20)7-11(8-15)9-16-13/h7,9H,2-6,10H2,1H3,(H,16,17). The molecule has 1 aromatic heterocycles. The number of hydrogen-bond acceptors (Lipinski definition) is 5. The minimum absolute atomic E-state index is 0.136. The Balaban J connectivity index is 2.13. The molecule has 6 heteroatoms. The number of hydrogen-bond donors (Lipinski definition) is 1. The Labute approximate surface area is 118 Å². The summed E-state index contributed by atoms with van der Waals surface area (Å²) in [6.45, 7) is 2.88. The number of anilines is 1. The van der Waals surface area contributed by atoms with Crippen LogP contribution in [0.15, 0.2) is 12.3 Å². The van der Waals surface area contributed by atoms with Gasteiger partial charge in [-0.2, -0.15) is 5.26 Å². The fraction of sp³-hybridized carbons (Fsp3) is 0.571. The maximum absolute atomic E-state index is 11.0. The molecule has 6 nitrogen and oxygen atoms in total. The molecule has 0 aromatic carbocycles. The van der Waals surface area contributed by atoms with E-state index in [1.807, 2.05) is 6.07 Å². The lowest BCUT2D eigenvalue weighted by atomic mass is 9.76. The van der Waals surface area contributed by atoms with E-state index < -0.39 is 4.92 Å². The highest BCUT2D eigenvalue weighted by atomic mass is 16.6. The van der Waals surface area contributed by atoms with Crippen molar-refractivity contribution in [3.8, 4) is 6.07 Å². The third-order valence-corrected chi connectivity index (χ3v) is 3.94. The number of nitro groups is 1. The lowest BCUT2D eigenvalue weighted by Crippen LogP contribution is -2.29. The summed E-state index contributed by atoms with van der Waals surface area (Å²) < 4.78 is 0. The van der Waals surface area contributed by atoms with Crippen molar-refractivity contribution in [1.82, 2.24) is 4.98 Å². The second-order valence-electron chi connectivity index (χ2n) is 5.69. The van der Waals surface area contributed by atoms with Gasteiger partial charge in [-0.1, -0.05) is 26.2 Å². The Bertz CT molecular complexity index is 545. The summed E-state index contributed by atoms with van der Waals surface area (Å²) >= 11 is 0. The number of nitrogens with zero attached hydrogens (tertiary/aromatic N) is 3. The molecular weight excluding hydrogens is 256 g/mol. The smallest absolute Gasteiger partial charge is 0.312 e. The molecule has 1 fully saturated rings. The van der Waals surface area contributed by atoms with Crippen molar-refractivity contribution in [2.75, 3.05) is 11.9 Å². The van der Waals surface area contributed by atoms with Crippen LogP contribution in [-0.4, -0.2) is 16.5 Å². The van der Waals surface area contributed by atoms with E-state index in [0.29, 0.717) is 6.54 Å². The third-order valence-electron chi connectivity index (χ3n) is 3.94. The minimum atomic E-state index is -0.501. The second-order valence-corrected chi connectivity index (χ2v) is 5.69. The van der Waals surface area contributed by atoms with Gasteiger partial charge in [-0.3, -0.25) is 10.1 Å². The minimum Gasteiger partial charge on any atom is -0.364 e. The predicted molar refractivity (Wildman–Crippen MR) is 75.3 cm³/mol. The summed E-state index contributed by atoms with van der Waals surface area (Å²) in [5.74, 6) is 0.251. The second kappa shape index (κ2) is 5.87. The predicted octanol–water partition coefficient (Wildman–Crippen LogP) is 3.24. The van der Waals surface area contributed by atoms with E-state index in [-0.39, 0.29) is 22.5 Å². The topological polar surface area (TPSA) is 91.8 Å². The molecule has 20 heavy (non-hydrogen) atoms. The van der Waals surface area contributed by atoms with Crippen LogP contribution in [0, 0.1) is 26.9 Å². The average Bonchev–Trinajstić information content (AvgIpc) is 2.45. The lowest BCUT2D eigenvalue weighted by molar-refractivity contribution is -0.384. The Kier molecular flexibility index (Phi) is 4.18. The van der Waals surface area contributed by atoms with Crippen LogP contribution in [0.25, 0.3) is 0 Å². The molecule has 0 radical (unpaired) electrons. The molecule has 0 aliphatic heterocycles. The number of rotatable bonds is 4. The van der Waals surface area contributed by atoms with Gasteiger partial charge in [0.2, 0.25) is 5.82 Å². The molecule has 0 saturated heterocycles. The molecule has 0 atom stereocenters. The van der Waals surface area contributed by atoms with Crippen molar-refractivity contribution >= 4 is 11.5 Å². The van der Waals surface area contributed by atoms with E-state index in [1.165, 1.54) is 31.5 Å². The molecule has 1 heterocycles. The molecule has 106 valence electrons. The van der Waals surface area contributed by atoms with Gasteiger partial charge in [0, 0.05) is 18.8 Å². The molecular formula is C14H18N4O2. The fourth-order valence-corrected chi connectivity index (χ4v) is 2.67. The van der Waals surface area contributed by atoms with Crippen molar-refractivity contribution in [3.05, 3.63) is 27.9 Å². The van der Waals surface area contributed by atoms with Crippen molar-refractivity contribution in [2.24, 2.45) is 5.41 Å². The van der Waals surface area contributed by atoms with Gasteiger partial charge < -0.3 is 5.32 Å². The highest BCUT2D eigenvalue weighted by molar-refractivity contribution is 5.58. The molecule has 0 spiro atoms. The highest BCUT2D eigenvalue weighted by Crippen LogP contribution is 2.36. The summed E-state index contributed by atoms with van der Waals surface area (Å²) in [6, 6.07) is 3.13. The maximum Gasteiger partial charge on any atom is 0.312 e. The van der Waals surface area contributed by atoms with Gasteiger partial charge in [-0.05, 0) is 18.3 Å². The van der Waals surface area contributed by atoms with Crippen LogP contribution in [0.5, 0.6) is 0 Å². The van der Waals surface area contributed by atoms with Crippen LogP contribution >= 0.6 is 0 Å². The van der Waals surface area contributed by atoms with E-state index >= 15 is 0 Å². The van der Waals surface area contributed by atoms with Gasteiger partial charge in [0.25, 0.3) is 0 Å². The quantitative estimate of drug-likeness (QED) is 0.672. The number of nitriles is 1. The molecule has 1 aromatic rings. The molecule has 1 aliphatic carbocycles. The van der Waals surface area contributed by atoms with Gasteiger partial charge in [-0.25, -0.2) is 4.98 Å². The zero-order chi connectivity index (χ0) is 14.6. The molecule has 0 bridgehead atoms. The summed E-state index contributed by atoms with van der Waals surface area (Å²) in [6.07, 6.45) is 7.31. The molecule has 1 N–H and O–H groups in total. The van der Waals surface area contributed by atoms with Crippen LogP contribution in [0.4, 0.5) is 11.5 Å². The van der Waals surface area contributed by atoms with E-state index in [0.717, 1.165) is 12.8 Å². The number of pyridine rings is 1. The normalized spacial score (nSPS) is 17.2. The van der Waals surface area contributed by atoms with E-state index in [9.17, 15) is 10.1 Å². The molecule has 0 amide bonds. The van der Waals surface area contributed by atoms with Crippen LogP contribution in [0.1, 0.15) is 44.6 Å². The Morgan fingerprint density at radius 1 is 1.50 bits per heavy atom. The van der Waals surface area contributed by atoms with Gasteiger partial charge in [-0.15, -0.1) is 0 Å². The summed E-state index contributed by atoms with van der Waals surface area (Å²) in [5.41, 5.74) is 0.233. The fourth-order valence-electron chi connectivity index (χ4n) is 2.67. The van der Waals surface area contributed by atoms with Crippen LogP contribution in [-0.2, 0) is 0 Å². The van der Waals surface area contributed by atoms with E-state index in [4.69, 9.17) is 5.26 Å². The largest absolute Gasteiger partial charge is 0.364 e. The molecule has 1 saturated carbocycles. The van der Waals surface area contributed by atoms with Gasteiger partial charge >= 0.3 is 5.69 Å². The lowest BCUT2D eigenvalue weighted by Gasteiger charge is -2.33. The van der Waals surface area contributed by atoms with E-state index in [2.05, 4.69) is 17.2 Å². The van der Waals surface area contributed by atoms with Crippen molar-refractivity contribution in [3.63, 3.8) is 0 Å². The first-order valence-corrected chi connectivity index (χ1v) is 6.82. The zero-order valence-electron chi connectivity index (χ0n) is 11.6. The first-order chi connectivity index (χ1) is 9.54. The van der Waals surface area contributed by atoms with Crippen molar-refractivity contribution in [2.45, 2.75) is 39.0 Å². The first kappa shape index (κ1) is 14.3. The summed E-state index contributed by atoms with van der Waals surface area (Å²) in [7, 11) is 0. The van der Waals surface area contributed by atoms with Crippen molar-refractivity contribution < 1.29 is 4.92 Å². The summed E-state index contributed by atoms with van der Waals surface area (Å²) in [5, 5.41) is 22.9. The van der Waals surface area contributed by atoms with Gasteiger partial charge in [0.1, 0.15) is 6.07 Å². The Hall–Kier alpha value is -2.16. The highest BCUT2D eigenvalue weighted by Gasteiger charge is 2.27. The summed E-state index contributed by atoms with van der Waals surface area (Å²) in [4.78, 5) is 14.5. The zero-order valence-corrected chi connectivity index (χ0v) is 11.6. The van der Waals surface area contributed by atoms with Crippen molar-refractivity contribution in [1.29, 1.82) is 5.26 Å². The van der Waals surface area contributed by atoms with Crippen LogP contribution in [0.3, 0.4) is 0 Å². The SMILES string of the molecule is CC1(CNc2ncc(C#N)cc2[N+](=O)[O-])CCCCC1. The monoisotopic (exact) mass is 274 g/mol. The Morgan fingerprint density at radius 3 is 2.80 bits per heavy atom. The number of aromatic nitrogens is 1. The molecule has 2 rings (SSSR count). The molecule has 0 unspecified atom stereocenters. The van der Waals surface area contributed by atoms with Crippen LogP contribution in [0.2, 0.25) is 0 Å². The first-order valence-electron chi connectivity index (χ1n) is 6.82. The third kappa shape index (κ3) is 3.23. The maximum atomic E-state index is 11.0. The Morgan fingerprint density at radius 2 is 2.20 bits per heavy atom. The van der Waals surface area contributed by atoms with E-state index in [1.54, 1.807) is 0 Å². The molecule has 1 aliphatic rings. The van der Waals surface area contributed by atoms with Gasteiger partial charge in [0.15, 0.2) is 0 Å². The number of nitrogens with one attached hydrogen (secondary N) is 1. The van der Waals surface area contributed by atoms with Gasteiger partial charge in [0.05, 0.1) is 10.5 Å².